The molecule has 0 amide bonds. The minimum atomic E-state index is -4.48. The molecule has 12 heteroatoms. The van der Waals surface area contributed by atoms with Gasteiger partial charge in [-0.15, -0.1) is 0 Å². The summed E-state index contributed by atoms with van der Waals surface area (Å²) < 4.78 is 75.8. The van der Waals surface area contributed by atoms with Gasteiger partial charge in [0.2, 0.25) is 20.8 Å². The summed E-state index contributed by atoms with van der Waals surface area (Å²) in [5, 5.41) is 0. The molecule has 0 unspecified atom stereocenters. The Morgan fingerprint density at radius 1 is 0.472 bits per heavy atom. The van der Waals surface area contributed by atoms with Gasteiger partial charge in [-0.05, 0) is 12.8 Å². The number of hydrogen-bond donors (Lipinski definition) is 1. The van der Waals surface area contributed by atoms with Gasteiger partial charge in [-0.3, -0.25) is 8.37 Å². The molecule has 0 bridgehead atoms. The van der Waals surface area contributed by atoms with Crippen LogP contribution in [0.3, 0.4) is 0 Å². The van der Waals surface area contributed by atoms with Crippen LogP contribution in [0.15, 0.2) is 0 Å². The van der Waals surface area contributed by atoms with Crippen molar-refractivity contribution in [3.8, 4) is 0 Å². The summed E-state index contributed by atoms with van der Waals surface area (Å²) in [5.41, 5.74) is 0. The van der Waals surface area contributed by atoms with Gasteiger partial charge in [-0.2, -0.15) is 0 Å². The molecule has 0 aliphatic heterocycles. The van der Waals surface area contributed by atoms with Gasteiger partial charge in [0.15, 0.2) is 0 Å². The van der Waals surface area contributed by atoms with Crippen LogP contribution in [0, 0.1) is 0 Å². The van der Waals surface area contributed by atoms with Gasteiger partial charge in [0, 0.05) is 0 Å². The maximum atomic E-state index is 10.1. The molecule has 1 N–H and O–H groups in total. The van der Waals surface area contributed by atoms with Crippen LogP contribution in [0.5, 0.6) is 0 Å². The molecule has 0 saturated carbocycles. The fraction of sp³-hybridized carbons (Fsp3) is 1.00. The molecule has 0 aliphatic rings. The van der Waals surface area contributed by atoms with Crippen LogP contribution < -0.4 is 0 Å². The van der Waals surface area contributed by atoms with Crippen molar-refractivity contribution in [3.63, 3.8) is 0 Å². The Morgan fingerprint density at radius 3 is 0.861 bits per heavy atom. The molecule has 0 heterocycles. The molecule has 36 heavy (non-hydrogen) atoms. The Balaban J connectivity index is -0.000000565. The van der Waals surface area contributed by atoms with Crippen molar-refractivity contribution in [1.29, 1.82) is 0 Å². The van der Waals surface area contributed by atoms with E-state index < -0.39 is 20.8 Å². The van der Waals surface area contributed by atoms with Crippen LogP contribution >= 0.6 is 0 Å². The molecule has 0 atom stereocenters. The van der Waals surface area contributed by atoms with E-state index in [1.165, 1.54) is 107 Å². The first-order valence-corrected chi connectivity index (χ1v) is 16.8. The Bertz CT molecular complexity index is 561. The predicted molar refractivity (Wildman–Crippen MR) is 143 cm³/mol. The fourth-order valence-corrected chi connectivity index (χ4v) is 4.14. The molecular formula is C24H51AlO9S2. The zero-order valence-corrected chi connectivity index (χ0v) is 25.5. The summed E-state index contributed by atoms with van der Waals surface area (Å²) in [4.78, 5) is 0. The van der Waals surface area contributed by atoms with Crippen molar-refractivity contribution < 1.29 is 38.5 Å². The van der Waals surface area contributed by atoms with Crippen LogP contribution in [0.1, 0.15) is 142 Å². The third-order valence-electron chi connectivity index (χ3n) is 5.45. The summed E-state index contributed by atoms with van der Waals surface area (Å²) in [5.74, 6) is 0. The molecule has 0 aromatic rings. The van der Waals surface area contributed by atoms with Crippen molar-refractivity contribution in [2.24, 2.45) is 0 Å². The molecule has 0 aromatic heterocycles. The van der Waals surface area contributed by atoms with Crippen molar-refractivity contribution in [2.45, 2.75) is 142 Å². The van der Waals surface area contributed by atoms with E-state index in [-0.39, 0.29) is 13.2 Å². The van der Waals surface area contributed by atoms with Gasteiger partial charge < -0.3 is 9.11 Å². The van der Waals surface area contributed by atoms with Crippen LogP contribution in [0.4, 0.5) is 0 Å². The Labute approximate surface area is 230 Å². The monoisotopic (exact) mass is 574 g/mol. The Kier molecular flexibility index (Phi) is 35.6. The van der Waals surface area contributed by atoms with Crippen LogP contribution in [-0.2, 0) is 29.2 Å². The van der Waals surface area contributed by atoms with E-state index in [1.807, 2.05) is 0 Å². The zero-order valence-electron chi connectivity index (χ0n) is 22.7. The molecule has 216 valence electrons. The molecule has 0 fully saturated rings. The fourth-order valence-electron chi connectivity index (χ4n) is 3.50. The van der Waals surface area contributed by atoms with Gasteiger partial charge in [-0.1, -0.05) is 129 Å². The van der Waals surface area contributed by atoms with E-state index in [9.17, 15) is 25.9 Å². The van der Waals surface area contributed by atoms with Crippen LogP contribution in [0.2, 0.25) is 0 Å². The molecule has 0 spiro atoms. The van der Waals surface area contributed by atoms with Gasteiger partial charge in [0.25, 0.3) is 0 Å². The van der Waals surface area contributed by atoms with Crippen molar-refractivity contribution in [3.05, 3.63) is 0 Å². The van der Waals surface area contributed by atoms with Crippen molar-refractivity contribution in [1.82, 2.24) is 0 Å². The van der Waals surface area contributed by atoms with Crippen LogP contribution in [0.25, 0.3) is 0 Å². The second-order valence-electron chi connectivity index (χ2n) is 8.82. The molecule has 0 rings (SSSR count). The van der Waals surface area contributed by atoms with E-state index >= 15 is 0 Å². The number of unbranched alkanes of at least 4 members (excludes halogenated alkanes) is 18. The first kappa shape index (κ1) is 40.7. The third kappa shape index (κ3) is 47.4. The van der Waals surface area contributed by atoms with Gasteiger partial charge in [0.05, 0.1) is 13.2 Å². The SMILES string of the molecule is CCCCCCCCCCCCOS(=O)(=O)[O-].CCCCCCCCCCCCOS(=O)(=O)[O-].[OH][Al+2]. The normalized spacial score (nSPS) is 11.4. The molecule has 9 nitrogen and oxygen atoms in total. The first-order valence-electron chi connectivity index (χ1n) is 13.6. The average Bonchev–Trinajstić information content (AvgIpc) is 2.81. The van der Waals surface area contributed by atoms with Gasteiger partial charge in [0.1, 0.15) is 0 Å². The Morgan fingerprint density at radius 2 is 0.667 bits per heavy atom. The van der Waals surface area contributed by atoms with E-state index in [4.69, 9.17) is 4.16 Å². The molecule has 0 aliphatic carbocycles. The van der Waals surface area contributed by atoms with Crippen molar-refractivity contribution >= 4 is 37.4 Å². The first-order chi connectivity index (χ1) is 17.1. The molecule has 0 aromatic carbocycles. The predicted octanol–water partition coefficient (Wildman–Crippen LogP) is 5.83. The standard InChI is InChI=1S/2C12H26O4S.Al.H2O/c2*1-2-3-4-5-6-7-8-9-10-11-12-16-17(13,14)15;;/h2*2-12H2,1H3,(H,13,14,15);;1H2/q;;+3;/p-3. The van der Waals surface area contributed by atoms with Gasteiger partial charge in [-0.25, -0.2) is 16.8 Å². The molecule has 0 saturated heterocycles. The molecular weight excluding hydrogens is 523 g/mol. The number of hydrogen-bond acceptors (Lipinski definition) is 9. The van der Waals surface area contributed by atoms with Crippen molar-refractivity contribution in [2.75, 3.05) is 13.2 Å². The second-order valence-corrected chi connectivity index (χ2v) is 10.9. The number of rotatable bonds is 24. The Hall–Kier alpha value is 0.232. The summed E-state index contributed by atoms with van der Waals surface area (Å²) in [6.45, 7) is 4.49. The topological polar surface area (TPSA) is 153 Å². The average molecular weight is 575 g/mol. The summed E-state index contributed by atoms with van der Waals surface area (Å²) >= 11 is 1.42. The maximum absolute atomic E-state index is 10.1. The minimum absolute atomic E-state index is 0.0301. The quantitative estimate of drug-likeness (QED) is 0.0649. The van der Waals surface area contributed by atoms with Crippen LogP contribution in [-0.4, -0.2) is 59.9 Å². The summed E-state index contributed by atoms with van der Waals surface area (Å²) in [6, 6.07) is 0. The van der Waals surface area contributed by atoms with Gasteiger partial charge >= 0.3 is 20.8 Å². The summed E-state index contributed by atoms with van der Waals surface area (Å²) in [6.07, 6.45) is 23.4. The third-order valence-corrected chi connectivity index (χ3v) is 6.36. The summed E-state index contributed by atoms with van der Waals surface area (Å²) in [7, 11) is -8.97. The van der Waals surface area contributed by atoms with E-state index in [0.29, 0.717) is 12.8 Å². The molecule has 0 radical (unpaired) electrons. The zero-order chi connectivity index (χ0) is 28.0. The van der Waals surface area contributed by atoms with E-state index in [1.54, 1.807) is 0 Å². The van der Waals surface area contributed by atoms with E-state index in [0.717, 1.165) is 25.7 Å². The van der Waals surface area contributed by atoms with E-state index in [2.05, 4.69) is 22.2 Å². The second kappa shape index (κ2) is 31.5.